The van der Waals surface area contributed by atoms with Crippen molar-refractivity contribution in [1.82, 2.24) is 4.31 Å². The molecule has 16 heteroatoms. The highest BCUT2D eigenvalue weighted by molar-refractivity contribution is 7.84. The highest BCUT2D eigenvalue weighted by Gasteiger charge is 2.34. The van der Waals surface area contributed by atoms with Crippen LogP contribution in [-0.2, 0) is 45.7 Å². The van der Waals surface area contributed by atoms with E-state index in [0.717, 1.165) is 23.3 Å². The molecule has 0 saturated carbocycles. The van der Waals surface area contributed by atoms with Gasteiger partial charge < -0.3 is 24.1 Å². The molecule has 2 atom stereocenters. The van der Waals surface area contributed by atoms with Crippen LogP contribution in [0, 0.1) is 24.0 Å². The lowest BCUT2D eigenvalue weighted by Gasteiger charge is -2.29. The Morgan fingerprint density at radius 3 is 2.38 bits per heavy atom. The van der Waals surface area contributed by atoms with Crippen molar-refractivity contribution in [3.63, 3.8) is 0 Å². The first-order valence-electron chi connectivity index (χ1n) is 19.6. The predicted molar refractivity (Wildman–Crippen MR) is 222 cm³/mol. The minimum atomic E-state index is -4.52. The molecule has 0 saturated heterocycles. The highest BCUT2D eigenvalue weighted by atomic mass is 32.2. The molecule has 61 heavy (non-hydrogen) atoms. The van der Waals surface area contributed by atoms with Gasteiger partial charge in [0.15, 0.2) is 0 Å². The summed E-state index contributed by atoms with van der Waals surface area (Å²) in [7, 11) is -4.22. The summed E-state index contributed by atoms with van der Waals surface area (Å²) in [5, 5.41) is 25.5. The molecule has 0 amide bonds. The molecule has 1 heterocycles. The zero-order chi connectivity index (χ0) is 43.9. The molecule has 1 aliphatic rings. The van der Waals surface area contributed by atoms with Crippen LogP contribution in [0.25, 0.3) is 0 Å². The fourth-order valence-corrected chi connectivity index (χ4v) is 8.50. The number of nitrogens with one attached hydrogen (secondary N) is 1. The van der Waals surface area contributed by atoms with Crippen molar-refractivity contribution < 1.29 is 50.1 Å². The Hall–Kier alpha value is -5.97. The van der Waals surface area contributed by atoms with Gasteiger partial charge in [0, 0.05) is 49.2 Å². The van der Waals surface area contributed by atoms with Gasteiger partial charge in [-0.3, -0.25) is 14.9 Å². The Morgan fingerprint density at radius 1 is 0.984 bits per heavy atom. The number of nitro benzene ring substituents is 1. The number of nitro groups is 1. The molecule has 2 N–H and O–H groups in total. The first-order chi connectivity index (χ1) is 29.1. The maximum absolute atomic E-state index is 13.4. The van der Waals surface area contributed by atoms with Crippen LogP contribution in [0.1, 0.15) is 81.7 Å². The van der Waals surface area contributed by atoms with Gasteiger partial charge in [0.25, 0.3) is 5.69 Å². The average Bonchev–Trinajstić information content (AvgIpc) is 3.22. The van der Waals surface area contributed by atoms with E-state index in [9.17, 15) is 41.6 Å². The third kappa shape index (κ3) is 10.9. The fraction of sp³-hybridized carbons (Fsp3) is 0.311. The standard InChI is InChI=1S/C45H46F3N3O9S/c1-4-58-43(53)24-40(39-17-18-41(44(30(39)3)51(54)55)49-25-34(20-21-52)32-12-14-37(15-13-32)45(46,47)48)33-11-10-29(2)35(22-33)26-50-27-36-23-38(16-19-42(36)60-61(50,56)57)59-28-31-8-6-5-7-9-31/h5-19,22-23,34,40,49,52H,4,20-21,24-28H2,1-3H3. The van der Waals surface area contributed by atoms with Crippen LogP contribution in [0.3, 0.4) is 0 Å². The lowest BCUT2D eigenvalue weighted by atomic mass is 9.84. The molecule has 2 unspecified atom stereocenters. The molecule has 12 nitrogen and oxygen atoms in total. The monoisotopic (exact) mass is 861 g/mol. The normalized spacial score (nSPS) is 14.6. The maximum Gasteiger partial charge on any atom is 0.416 e. The Labute approximate surface area is 352 Å². The minimum Gasteiger partial charge on any atom is -0.489 e. The number of ether oxygens (including phenoxy) is 2. The van der Waals surface area contributed by atoms with E-state index in [1.807, 2.05) is 37.3 Å². The molecule has 6 rings (SSSR count). The lowest BCUT2D eigenvalue weighted by Crippen LogP contribution is -2.37. The third-order valence-corrected chi connectivity index (χ3v) is 12.0. The van der Waals surface area contributed by atoms with Gasteiger partial charge in [0.2, 0.25) is 0 Å². The van der Waals surface area contributed by atoms with Gasteiger partial charge in [-0.05, 0) is 97.0 Å². The van der Waals surface area contributed by atoms with Gasteiger partial charge >= 0.3 is 22.4 Å². The maximum atomic E-state index is 13.4. The van der Waals surface area contributed by atoms with E-state index in [1.54, 1.807) is 56.3 Å². The number of anilines is 1. The van der Waals surface area contributed by atoms with Crippen molar-refractivity contribution in [3.05, 3.63) is 163 Å². The van der Waals surface area contributed by atoms with Crippen LogP contribution >= 0.6 is 0 Å². The summed E-state index contributed by atoms with van der Waals surface area (Å²) in [6, 6.07) is 27.7. The molecule has 0 radical (unpaired) electrons. The number of aliphatic hydroxyl groups is 1. The number of benzene rings is 5. The SMILES string of the molecule is CCOC(=O)CC(c1ccc(C)c(CN2Cc3cc(OCc4ccccc4)ccc3OS2(=O)=O)c1)c1ccc(NCC(CCO)c2ccc(C(F)(F)F)cc2)c([N+](=O)[O-])c1C. The Bertz CT molecular complexity index is 2470. The van der Waals surface area contributed by atoms with E-state index in [4.69, 9.17) is 13.7 Å². The topological polar surface area (TPSA) is 158 Å². The number of fused-ring (bicyclic) bond motifs is 1. The number of halogens is 3. The summed E-state index contributed by atoms with van der Waals surface area (Å²) >= 11 is 0. The number of rotatable bonds is 17. The zero-order valence-electron chi connectivity index (χ0n) is 33.8. The summed E-state index contributed by atoms with van der Waals surface area (Å²) < 4.78 is 84.5. The van der Waals surface area contributed by atoms with Crippen LogP contribution < -0.4 is 14.2 Å². The van der Waals surface area contributed by atoms with Crippen molar-refractivity contribution in [1.29, 1.82) is 0 Å². The van der Waals surface area contributed by atoms with Crippen LogP contribution in [0.4, 0.5) is 24.5 Å². The molecular formula is C45H46F3N3O9S. The van der Waals surface area contributed by atoms with Crippen molar-refractivity contribution in [2.45, 2.75) is 71.3 Å². The van der Waals surface area contributed by atoms with Gasteiger partial charge in [-0.25, -0.2) is 0 Å². The number of carbonyl (C=O) groups excluding carboxylic acids is 1. The summed E-state index contributed by atoms with van der Waals surface area (Å²) in [5.74, 6) is -1.04. The number of carbonyl (C=O) groups is 1. The molecule has 5 aromatic rings. The molecule has 0 aromatic heterocycles. The average molecular weight is 862 g/mol. The predicted octanol–water partition coefficient (Wildman–Crippen LogP) is 9.11. The smallest absolute Gasteiger partial charge is 0.416 e. The second-order valence-corrected chi connectivity index (χ2v) is 16.3. The summed E-state index contributed by atoms with van der Waals surface area (Å²) in [6.45, 7) is 5.19. The Balaban J connectivity index is 1.28. The molecule has 1 aliphatic heterocycles. The molecule has 0 fully saturated rings. The summed E-state index contributed by atoms with van der Waals surface area (Å²) in [6.07, 6.45) is -4.52. The second kappa shape index (κ2) is 19.2. The fourth-order valence-electron chi connectivity index (χ4n) is 7.41. The molecule has 0 spiro atoms. The number of nitrogens with zero attached hydrogens (tertiary/aromatic N) is 2. The Kier molecular flexibility index (Phi) is 14.0. The molecule has 0 bridgehead atoms. The highest BCUT2D eigenvalue weighted by Crippen LogP contribution is 2.40. The first kappa shape index (κ1) is 44.6. The van der Waals surface area contributed by atoms with Gasteiger partial charge in [0.1, 0.15) is 23.8 Å². The quantitative estimate of drug-likeness (QED) is 0.0525. The third-order valence-electron chi connectivity index (χ3n) is 10.7. The molecule has 0 aliphatic carbocycles. The second-order valence-electron chi connectivity index (χ2n) is 14.7. The van der Waals surface area contributed by atoms with E-state index in [1.165, 1.54) is 22.5 Å². The van der Waals surface area contributed by atoms with Crippen LogP contribution in [0.2, 0.25) is 0 Å². The van der Waals surface area contributed by atoms with Crippen molar-refractivity contribution >= 4 is 27.6 Å². The van der Waals surface area contributed by atoms with Crippen LogP contribution in [-0.4, -0.2) is 48.5 Å². The van der Waals surface area contributed by atoms with E-state index in [0.29, 0.717) is 40.2 Å². The molecule has 5 aromatic carbocycles. The van der Waals surface area contributed by atoms with E-state index < -0.39 is 44.8 Å². The molecular weight excluding hydrogens is 816 g/mol. The van der Waals surface area contributed by atoms with E-state index >= 15 is 0 Å². The number of hydrogen-bond acceptors (Lipinski definition) is 10. The van der Waals surface area contributed by atoms with Crippen molar-refractivity contribution in [3.8, 4) is 11.5 Å². The number of esters is 1. The van der Waals surface area contributed by atoms with Crippen molar-refractivity contribution in [2.24, 2.45) is 0 Å². The number of aliphatic hydroxyl groups excluding tert-OH is 1. The van der Waals surface area contributed by atoms with Crippen LogP contribution in [0.5, 0.6) is 11.5 Å². The van der Waals surface area contributed by atoms with Gasteiger partial charge in [-0.15, -0.1) is 0 Å². The summed E-state index contributed by atoms with van der Waals surface area (Å²) in [5.41, 5.74) is 3.82. The number of alkyl halides is 3. The van der Waals surface area contributed by atoms with E-state index in [-0.39, 0.29) is 68.4 Å². The van der Waals surface area contributed by atoms with Gasteiger partial charge in [0.05, 0.1) is 23.5 Å². The van der Waals surface area contributed by atoms with Crippen molar-refractivity contribution in [2.75, 3.05) is 25.1 Å². The van der Waals surface area contributed by atoms with Gasteiger partial charge in [-0.2, -0.15) is 25.9 Å². The molecule has 322 valence electrons. The number of hydrogen-bond donors (Lipinski definition) is 2. The Morgan fingerprint density at radius 2 is 1.70 bits per heavy atom. The largest absolute Gasteiger partial charge is 0.489 e. The van der Waals surface area contributed by atoms with Crippen LogP contribution in [0.15, 0.2) is 103 Å². The van der Waals surface area contributed by atoms with E-state index in [2.05, 4.69) is 5.32 Å². The summed E-state index contributed by atoms with van der Waals surface area (Å²) in [4.78, 5) is 25.3. The lowest BCUT2D eigenvalue weighted by molar-refractivity contribution is -0.384. The first-order valence-corrected chi connectivity index (χ1v) is 21.0. The van der Waals surface area contributed by atoms with Gasteiger partial charge in [-0.1, -0.05) is 66.7 Å². The zero-order valence-corrected chi connectivity index (χ0v) is 34.6. The minimum absolute atomic E-state index is 0.00603. The number of aryl methyl sites for hydroxylation is 1.